The van der Waals surface area contributed by atoms with Crippen LogP contribution in [0.1, 0.15) is 37.5 Å². The molecule has 1 aliphatic carbocycles. The van der Waals surface area contributed by atoms with Gasteiger partial charge in [0.25, 0.3) is 11.8 Å². The normalized spacial score (nSPS) is 20.4. The Kier molecular flexibility index (Phi) is 6.15. The molecule has 1 unspecified atom stereocenters. The van der Waals surface area contributed by atoms with Crippen LogP contribution >= 0.6 is 0 Å². The van der Waals surface area contributed by atoms with E-state index in [0.717, 1.165) is 43.4 Å². The molecule has 0 spiro atoms. The molecule has 1 atom stereocenters. The summed E-state index contributed by atoms with van der Waals surface area (Å²) in [7, 11) is 0. The molecule has 0 radical (unpaired) electrons. The number of benzene rings is 1. The summed E-state index contributed by atoms with van der Waals surface area (Å²) in [6.07, 6.45) is 1.99. The molecule has 174 valence electrons. The van der Waals surface area contributed by atoms with E-state index in [-0.39, 0.29) is 40.7 Å². The summed E-state index contributed by atoms with van der Waals surface area (Å²) in [6, 6.07) is 2.65. The third-order valence-electron chi connectivity index (χ3n) is 5.41. The van der Waals surface area contributed by atoms with Crippen molar-refractivity contribution < 1.29 is 32.2 Å². The van der Waals surface area contributed by atoms with E-state index < -0.39 is 48.4 Å². The van der Waals surface area contributed by atoms with E-state index in [1.807, 2.05) is 0 Å². The molecule has 2 aliphatic rings. The summed E-state index contributed by atoms with van der Waals surface area (Å²) in [6.45, 7) is -0.873. The van der Waals surface area contributed by atoms with Crippen LogP contribution < -0.4 is 5.32 Å². The average molecular weight is 464 g/mol. The van der Waals surface area contributed by atoms with E-state index in [9.17, 15) is 27.5 Å². The van der Waals surface area contributed by atoms with Crippen molar-refractivity contribution in [1.29, 1.82) is 5.41 Å². The second-order valence-corrected chi connectivity index (χ2v) is 8.01. The van der Waals surface area contributed by atoms with Crippen molar-refractivity contribution in [3.8, 4) is 11.3 Å². The lowest BCUT2D eigenvalue weighted by Crippen LogP contribution is -2.32. The van der Waals surface area contributed by atoms with Crippen LogP contribution in [0.5, 0.6) is 0 Å². The molecule has 2 heterocycles. The summed E-state index contributed by atoms with van der Waals surface area (Å²) in [5.74, 6) is -6.47. The van der Waals surface area contributed by atoms with Crippen molar-refractivity contribution in [3.63, 3.8) is 0 Å². The van der Waals surface area contributed by atoms with E-state index in [4.69, 9.17) is 10.1 Å². The number of carbonyl (C=O) groups is 1. The fourth-order valence-electron chi connectivity index (χ4n) is 3.49. The van der Waals surface area contributed by atoms with Crippen molar-refractivity contribution in [1.82, 2.24) is 9.97 Å². The van der Waals surface area contributed by atoms with Gasteiger partial charge in [-0.3, -0.25) is 4.79 Å². The van der Waals surface area contributed by atoms with Crippen molar-refractivity contribution in [2.24, 2.45) is 5.92 Å². The maximum Gasteiger partial charge on any atom is 0.290 e. The van der Waals surface area contributed by atoms with Crippen molar-refractivity contribution >= 4 is 17.3 Å². The Morgan fingerprint density at radius 2 is 2.00 bits per heavy atom. The third-order valence-corrected chi connectivity index (χ3v) is 5.41. The lowest BCUT2D eigenvalue weighted by molar-refractivity contribution is -0.146. The molecule has 1 aliphatic heterocycles. The highest BCUT2D eigenvalue weighted by Gasteiger charge is 2.38. The van der Waals surface area contributed by atoms with Crippen LogP contribution in [0.3, 0.4) is 0 Å². The number of halogens is 4. The van der Waals surface area contributed by atoms with Crippen molar-refractivity contribution in [3.05, 3.63) is 53.7 Å². The van der Waals surface area contributed by atoms with Crippen LogP contribution in [-0.2, 0) is 9.53 Å². The molecule has 1 aromatic heterocycles. The fourth-order valence-corrected chi connectivity index (χ4v) is 3.49. The molecular formula is C22H20F4N4O3. The van der Waals surface area contributed by atoms with Gasteiger partial charge in [-0.2, -0.15) is 0 Å². The molecule has 33 heavy (non-hydrogen) atoms. The first kappa shape index (κ1) is 22.8. The maximum absolute atomic E-state index is 14.5. The minimum absolute atomic E-state index is 0.0161. The van der Waals surface area contributed by atoms with Gasteiger partial charge in [0.2, 0.25) is 0 Å². The molecular weight excluding hydrogens is 444 g/mol. The highest BCUT2D eigenvalue weighted by Crippen LogP contribution is 2.40. The first-order chi connectivity index (χ1) is 15.6. The molecule has 2 fully saturated rings. The number of allylic oxidation sites excluding steroid dienone is 1. The molecule has 4 rings (SSSR count). The van der Waals surface area contributed by atoms with E-state index in [0.29, 0.717) is 0 Å². The summed E-state index contributed by atoms with van der Waals surface area (Å²) >= 11 is 0. The second-order valence-electron chi connectivity index (χ2n) is 8.01. The van der Waals surface area contributed by atoms with Crippen LogP contribution in [0.4, 0.5) is 23.2 Å². The monoisotopic (exact) mass is 464 g/mol. The van der Waals surface area contributed by atoms with E-state index in [1.54, 1.807) is 0 Å². The minimum atomic E-state index is -3.02. The second kappa shape index (κ2) is 8.89. The summed E-state index contributed by atoms with van der Waals surface area (Å²) in [5, 5.41) is 20.4. The largest absolute Gasteiger partial charge is 0.503 e. The van der Waals surface area contributed by atoms with Crippen molar-refractivity contribution in [2.45, 2.75) is 37.7 Å². The number of amides is 1. The lowest BCUT2D eigenvalue weighted by Gasteiger charge is -2.29. The van der Waals surface area contributed by atoms with Crippen LogP contribution in [0.25, 0.3) is 11.3 Å². The van der Waals surface area contributed by atoms with Gasteiger partial charge in [0.15, 0.2) is 5.76 Å². The van der Waals surface area contributed by atoms with Gasteiger partial charge in [0, 0.05) is 29.7 Å². The molecule has 0 bridgehead atoms. The molecule has 3 N–H and O–H groups in total. The molecule has 7 nitrogen and oxygen atoms in total. The Balaban J connectivity index is 1.73. The van der Waals surface area contributed by atoms with Gasteiger partial charge in [-0.05, 0) is 37.5 Å². The number of hydrogen-bond donors (Lipinski definition) is 3. The number of aliphatic hydroxyl groups is 1. The zero-order chi connectivity index (χ0) is 23.8. The van der Waals surface area contributed by atoms with Gasteiger partial charge >= 0.3 is 0 Å². The van der Waals surface area contributed by atoms with Gasteiger partial charge in [-0.1, -0.05) is 0 Å². The Morgan fingerprint density at radius 1 is 1.24 bits per heavy atom. The number of anilines is 1. The predicted molar refractivity (Wildman–Crippen MR) is 110 cm³/mol. The number of carbonyl (C=O) groups excluding carboxylic acids is 1. The molecule has 1 aromatic carbocycles. The summed E-state index contributed by atoms with van der Waals surface area (Å²) < 4.78 is 60.7. The van der Waals surface area contributed by atoms with Gasteiger partial charge in [0.1, 0.15) is 36.4 Å². The molecule has 2 aromatic rings. The standard InChI is InChI=1S/C22H20F4N4O3/c23-12-3-4-14(24)13(7-12)18-20(30-21(32)16(31)8-15(27)11-1-2-11)19(29-10-28-18)17-5-6-22(25,26)9-33-17/h3-4,7-8,10-11,17,27,31H,1-2,5-6,9H2,(H,30,32)/b16-8-,27-15?. The number of alkyl halides is 2. The number of nitrogens with zero attached hydrogens (tertiary/aromatic N) is 2. The number of nitrogens with one attached hydrogen (secondary N) is 2. The predicted octanol–water partition coefficient (Wildman–Crippen LogP) is 4.72. The highest BCUT2D eigenvalue weighted by atomic mass is 19.3. The van der Waals surface area contributed by atoms with Gasteiger partial charge in [-0.25, -0.2) is 27.5 Å². The average Bonchev–Trinajstić information content (AvgIpc) is 3.61. The summed E-state index contributed by atoms with van der Waals surface area (Å²) in [4.78, 5) is 20.7. The Labute approximate surface area is 186 Å². The lowest BCUT2D eigenvalue weighted by atomic mass is 10.00. The first-order valence-corrected chi connectivity index (χ1v) is 10.2. The molecule has 11 heteroatoms. The number of rotatable bonds is 6. The fraction of sp³-hybridized carbons (Fsp3) is 0.364. The first-order valence-electron chi connectivity index (χ1n) is 10.2. The maximum atomic E-state index is 14.5. The number of aromatic nitrogens is 2. The molecule has 1 saturated carbocycles. The zero-order valence-electron chi connectivity index (χ0n) is 17.2. The molecule has 1 saturated heterocycles. The Hall–Kier alpha value is -3.34. The topological polar surface area (TPSA) is 108 Å². The highest BCUT2D eigenvalue weighted by molar-refractivity contribution is 6.09. The van der Waals surface area contributed by atoms with Gasteiger partial charge < -0.3 is 20.6 Å². The van der Waals surface area contributed by atoms with Crippen LogP contribution in [0.2, 0.25) is 0 Å². The van der Waals surface area contributed by atoms with E-state index >= 15 is 0 Å². The number of ether oxygens (including phenoxy) is 1. The molecule has 1 amide bonds. The Morgan fingerprint density at radius 3 is 2.67 bits per heavy atom. The van der Waals surface area contributed by atoms with Crippen molar-refractivity contribution in [2.75, 3.05) is 11.9 Å². The number of aliphatic hydroxyl groups excluding tert-OH is 1. The minimum Gasteiger partial charge on any atom is -0.503 e. The quantitative estimate of drug-likeness (QED) is 0.248. The zero-order valence-corrected chi connectivity index (χ0v) is 17.2. The van der Waals surface area contributed by atoms with Crippen LogP contribution in [0, 0.1) is 23.0 Å². The number of hydrogen-bond acceptors (Lipinski definition) is 6. The van der Waals surface area contributed by atoms with E-state index in [1.165, 1.54) is 0 Å². The third kappa shape index (κ3) is 5.19. The smallest absolute Gasteiger partial charge is 0.290 e. The van der Waals surface area contributed by atoms with E-state index in [2.05, 4.69) is 15.3 Å². The van der Waals surface area contributed by atoms with Gasteiger partial charge in [0.05, 0.1) is 11.4 Å². The Bertz CT molecular complexity index is 1120. The summed E-state index contributed by atoms with van der Waals surface area (Å²) in [5.41, 5.74) is -0.653. The van der Waals surface area contributed by atoms with Gasteiger partial charge in [-0.15, -0.1) is 0 Å². The van der Waals surface area contributed by atoms with Crippen LogP contribution in [0.15, 0.2) is 36.4 Å². The SMILES string of the molecule is N=C(/C=C(\O)C(=O)Nc1c(-c2cc(F)ccc2F)ncnc1C1CCC(F)(F)CO1)C1CC1. The van der Waals surface area contributed by atoms with Crippen LogP contribution in [-0.4, -0.2) is 39.2 Å².